The molecule has 0 unspecified atom stereocenters. The van der Waals surface area contributed by atoms with E-state index < -0.39 is 5.91 Å². The van der Waals surface area contributed by atoms with Crippen LogP contribution in [0.1, 0.15) is 16.9 Å². The second kappa shape index (κ2) is 15.7. The largest absolute Gasteiger partial charge is 1.00 e. The zero-order valence-corrected chi connectivity index (χ0v) is 21.5. The molecular weight excluding hydrogens is 487 g/mol. The standard InChI is InChI=1S/C26H22N6O2.C3H3O.Li/c1-2-32(13-6-5-11-27)24-16-23(29-25(31-24)19-9-7-12-28-17-19)26(34)30-22-15-20(33)14-18-8-3-4-10-21(18)22;1-2-3-4;/h3-4,6-10,12,14-17,33H,1-2,5,13H2,(H,30,34);2H,1H2;/q-2;-1;+1. The van der Waals surface area contributed by atoms with E-state index >= 15 is 0 Å². The fourth-order valence-corrected chi connectivity index (χ4v) is 3.51. The van der Waals surface area contributed by atoms with Crippen LogP contribution in [0.2, 0.25) is 0 Å². The molecule has 0 saturated heterocycles. The molecule has 0 radical (unpaired) electrons. The molecule has 0 aliphatic rings. The molecule has 0 atom stereocenters. The molecule has 0 saturated carbocycles. The predicted molar refractivity (Wildman–Crippen MR) is 147 cm³/mol. The number of nitrogens with zero attached hydrogens (tertiary/aromatic N) is 5. The molecule has 0 aliphatic heterocycles. The monoisotopic (exact) mass is 512 g/mol. The Morgan fingerprint density at radius 3 is 2.67 bits per heavy atom. The Bertz CT molecular complexity index is 1450. The van der Waals surface area contributed by atoms with E-state index in [1.54, 1.807) is 30.6 Å². The van der Waals surface area contributed by atoms with Crippen molar-refractivity contribution in [3.63, 3.8) is 0 Å². The number of allylic oxidation sites excluding steroid dienone is 1. The van der Waals surface area contributed by atoms with Crippen LogP contribution in [-0.2, 0) is 4.79 Å². The van der Waals surface area contributed by atoms with Gasteiger partial charge in [-0.25, -0.2) is 27.9 Å². The fraction of sp³-hybridized carbons (Fsp3) is 0.103. The third-order valence-corrected chi connectivity index (χ3v) is 5.22. The summed E-state index contributed by atoms with van der Waals surface area (Å²) in [5.41, 5.74) is 1.28. The van der Waals surface area contributed by atoms with E-state index in [9.17, 15) is 9.90 Å². The summed E-state index contributed by atoms with van der Waals surface area (Å²) >= 11 is 0. The molecule has 1 amide bonds. The summed E-state index contributed by atoms with van der Waals surface area (Å²) in [6.45, 7) is 7.83. The smallest absolute Gasteiger partial charge is 0.508 e. The number of nitrogens with one attached hydrogen (secondary N) is 1. The third kappa shape index (κ3) is 8.51. The summed E-state index contributed by atoms with van der Waals surface area (Å²) in [7, 11) is 0. The number of anilines is 2. The van der Waals surface area contributed by atoms with Crippen LogP contribution in [0.3, 0.4) is 0 Å². The molecule has 0 aliphatic carbocycles. The molecule has 10 heteroatoms. The van der Waals surface area contributed by atoms with Crippen LogP contribution < -0.4 is 29.1 Å². The van der Waals surface area contributed by atoms with Crippen LogP contribution >= 0.6 is 0 Å². The van der Waals surface area contributed by atoms with Crippen molar-refractivity contribution < 1.29 is 33.6 Å². The van der Waals surface area contributed by atoms with Crippen molar-refractivity contribution in [1.29, 1.82) is 5.26 Å². The molecule has 39 heavy (non-hydrogen) atoms. The van der Waals surface area contributed by atoms with Gasteiger partial charge in [0.05, 0.1) is 5.69 Å². The fourth-order valence-electron chi connectivity index (χ4n) is 3.51. The van der Waals surface area contributed by atoms with Gasteiger partial charge in [0.1, 0.15) is 17.3 Å². The maximum absolute atomic E-state index is 13.3. The van der Waals surface area contributed by atoms with Gasteiger partial charge in [-0.1, -0.05) is 30.7 Å². The average Bonchev–Trinajstić information content (AvgIpc) is 2.95. The van der Waals surface area contributed by atoms with Crippen molar-refractivity contribution in [2.45, 2.75) is 6.42 Å². The number of nitriles is 1. The van der Waals surface area contributed by atoms with E-state index in [4.69, 9.17) is 10.1 Å². The Hall–Kier alpha value is -4.50. The summed E-state index contributed by atoms with van der Waals surface area (Å²) in [6, 6.07) is 17.8. The van der Waals surface area contributed by atoms with Crippen LogP contribution in [0.4, 0.5) is 11.5 Å². The molecule has 9 nitrogen and oxygen atoms in total. The molecule has 0 fully saturated rings. The maximum Gasteiger partial charge on any atom is 1.00 e. The van der Waals surface area contributed by atoms with Crippen molar-refractivity contribution in [1.82, 2.24) is 15.0 Å². The minimum absolute atomic E-state index is 0. The normalized spacial score (nSPS) is 9.74. The number of pyridine rings is 1. The number of amides is 1. The Morgan fingerprint density at radius 2 is 2.00 bits per heavy atom. The number of phenols is 1. The number of aromatic hydroxyl groups is 1. The first-order valence-electron chi connectivity index (χ1n) is 11.5. The SMILES string of the molecule is C=C[C-]=O.[CH2-]CN(C[CH-]CC#N)c1cc(C(=O)Nc2cc(O)cc3ccccc23)nc(-c2cccnc2)n1.[Li+]. The summed E-state index contributed by atoms with van der Waals surface area (Å²) < 4.78 is 0. The van der Waals surface area contributed by atoms with Gasteiger partial charge in [0.25, 0.3) is 5.91 Å². The van der Waals surface area contributed by atoms with Gasteiger partial charge in [-0.15, -0.1) is 13.1 Å². The molecule has 192 valence electrons. The molecule has 0 spiro atoms. The third-order valence-electron chi connectivity index (χ3n) is 5.22. The second-order valence-electron chi connectivity index (χ2n) is 7.76. The minimum Gasteiger partial charge on any atom is -0.508 e. The number of carbonyl (C=O) groups is 1. The van der Waals surface area contributed by atoms with Crippen molar-refractivity contribution in [2.75, 3.05) is 23.3 Å². The zero-order valence-electron chi connectivity index (χ0n) is 21.5. The van der Waals surface area contributed by atoms with Crippen LogP contribution in [0.5, 0.6) is 5.75 Å². The van der Waals surface area contributed by atoms with Crippen LogP contribution in [0, 0.1) is 24.7 Å². The van der Waals surface area contributed by atoms with Gasteiger partial charge in [0.2, 0.25) is 0 Å². The van der Waals surface area contributed by atoms with Crippen LogP contribution in [0.15, 0.2) is 79.6 Å². The van der Waals surface area contributed by atoms with Crippen molar-refractivity contribution in [3.05, 3.63) is 98.7 Å². The van der Waals surface area contributed by atoms with E-state index in [1.807, 2.05) is 41.7 Å². The number of phenolic OH excluding ortho intramolecular Hbond substituents is 1. The van der Waals surface area contributed by atoms with Gasteiger partial charge >= 0.3 is 18.9 Å². The van der Waals surface area contributed by atoms with Gasteiger partial charge in [0.15, 0.2) is 5.82 Å². The number of rotatable bonds is 9. The molecule has 4 aromatic rings. The Balaban J connectivity index is 0.000000998. The van der Waals surface area contributed by atoms with Crippen molar-refractivity contribution in [2.24, 2.45) is 0 Å². The van der Waals surface area contributed by atoms with E-state index in [0.29, 0.717) is 36.0 Å². The summed E-state index contributed by atoms with van der Waals surface area (Å²) in [5.74, 6) is 0.443. The van der Waals surface area contributed by atoms with Crippen LogP contribution in [0.25, 0.3) is 22.2 Å². The zero-order chi connectivity index (χ0) is 27.3. The molecular formula is C29H25LiN6O3-2. The van der Waals surface area contributed by atoms with Crippen molar-refractivity contribution in [3.8, 4) is 23.2 Å². The molecule has 2 aromatic heterocycles. The van der Waals surface area contributed by atoms with E-state index in [0.717, 1.165) is 16.8 Å². The summed E-state index contributed by atoms with van der Waals surface area (Å²) in [6.07, 6.45) is 7.89. The Kier molecular flexibility index (Phi) is 12.4. The Labute approximate surface area is 239 Å². The first-order chi connectivity index (χ1) is 18.5. The number of hydrogen-bond donors (Lipinski definition) is 2. The number of benzene rings is 2. The van der Waals surface area contributed by atoms with Gasteiger partial charge in [-0.05, 0) is 29.9 Å². The number of unbranched alkanes of at least 4 members (excludes halogenated alkanes) is 1. The van der Waals surface area contributed by atoms with Gasteiger partial charge in [-0.2, -0.15) is 0 Å². The first kappa shape index (κ1) is 30.7. The summed E-state index contributed by atoms with van der Waals surface area (Å²) in [5, 5.41) is 23.4. The quantitative estimate of drug-likeness (QED) is 0.150. The molecule has 2 N–H and O–H groups in total. The minimum atomic E-state index is -0.449. The summed E-state index contributed by atoms with van der Waals surface area (Å²) in [4.78, 5) is 37.3. The number of hydrogen-bond acceptors (Lipinski definition) is 8. The molecule has 0 bridgehead atoms. The Morgan fingerprint density at radius 1 is 1.23 bits per heavy atom. The number of aromatic nitrogens is 3. The van der Waals surface area contributed by atoms with Crippen LogP contribution in [-0.4, -0.2) is 45.3 Å². The predicted octanol–water partition coefficient (Wildman–Crippen LogP) is 1.69. The van der Waals surface area contributed by atoms with Gasteiger partial charge in [-0.3, -0.25) is 16.2 Å². The second-order valence-corrected chi connectivity index (χ2v) is 7.76. The number of carbonyl (C=O) groups excluding carboxylic acids is 2. The van der Waals surface area contributed by atoms with E-state index in [2.05, 4.69) is 39.8 Å². The average molecular weight is 512 g/mol. The molecule has 2 aromatic carbocycles. The topological polar surface area (TPSA) is 132 Å². The van der Waals surface area contributed by atoms with Crippen molar-refractivity contribution >= 4 is 34.5 Å². The number of fused-ring (bicyclic) bond motifs is 1. The first-order valence-corrected chi connectivity index (χ1v) is 11.5. The maximum atomic E-state index is 13.3. The van der Waals surface area contributed by atoms with E-state index in [-0.39, 0.29) is 36.7 Å². The molecule has 2 heterocycles. The van der Waals surface area contributed by atoms with Gasteiger partial charge in [0, 0.05) is 41.5 Å². The van der Waals surface area contributed by atoms with Gasteiger partial charge < -0.3 is 27.0 Å². The molecule has 4 rings (SSSR count). The van der Waals surface area contributed by atoms with E-state index in [1.165, 1.54) is 12.4 Å².